The number of nitrogens with one attached hydrogen (secondary N) is 1. The van der Waals surface area contributed by atoms with E-state index in [1.54, 1.807) is 7.11 Å². The number of likely N-dealkylation sites (N-methyl/N-ethyl adjacent to an activating group) is 1. The fourth-order valence-electron chi connectivity index (χ4n) is 3.18. The summed E-state index contributed by atoms with van der Waals surface area (Å²) in [6, 6.07) is 6.20. The number of hydrogen-bond donors (Lipinski definition) is 1. The van der Waals surface area contributed by atoms with E-state index in [2.05, 4.69) is 16.8 Å². The first-order valence-corrected chi connectivity index (χ1v) is 7.23. The molecule has 108 valence electrons. The van der Waals surface area contributed by atoms with Gasteiger partial charge in [-0.1, -0.05) is 6.92 Å². The summed E-state index contributed by atoms with van der Waals surface area (Å²) in [4.78, 5) is 17.5. The van der Waals surface area contributed by atoms with E-state index in [0.717, 1.165) is 36.4 Å². The maximum Gasteiger partial charge on any atom is 0.326 e. The minimum atomic E-state index is -0.0313. The highest BCUT2D eigenvalue weighted by molar-refractivity contribution is 5.76. The Bertz CT molecular complexity index is 659. The van der Waals surface area contributed by atoms with Crippen molar-refractivity contribution in [2.24, 2.45) is 0 Å². The number of hydrogen-bond acceptors (Lipinski definition) is 3. The zero-order valence-electron chi connectivity index (χ0n) is 12.1. The number of imidazole rings is 1. The third kappa shape index (κ3) is 2.22. The van der Waals surface area contributed by atoms with Crippen LogP contribution in [-0.4, -0.2) is 40.7 Å². The number of aromatic amines is 1. The van der Waals surface area contributed by atoms with Crippen molar-refractivity contribution in [3.8, 4) is 5.75 Å². The van der Waals surface area contributed by atoms with Crippen LogP contribution in [0.25, 0.3) is 11.0 Å². The summed E-state index contributed by atoms with van der Waals surface area (Å²) >= 11 is 0. The Hall–Kier alpha value is -1.75. The minimum Gasteiger partial charge on any atom is -0.497 e. The zero-order chi connectivity index (χ0) is 14.1. The van der Waals surface area contributed by atoms with Crippen LogP contribution in [0, 0.1) is 0 Å². The standard InChI is InChI=1S/C15H21N3O2/c1-3-17-8-4-5-11(17)10-18-14-7-6-12(20-2)9-13(14)16-15(18)19/h6-7,9,11H,3-5,8,10H2,1-2H3,(H,16,19). The van der Waals surface area contributed by atoms with Gasteiger partial charge in [-0.15, -0.1) is 0 Å². The van der Waals surface area contributed by atoms with Gasteiger partial charge in [0.2, 0.25) is 0 Å². The zero-order valence-corrected chi connectivity index (χ0v) is 12.1. The second kappa shape index (κ2) is 5.32. The quantitative estimate of drug-likeness (QED) is 0.926. The number of methoxy groups -OCH3 is 1. The molecule has 2 aromatic rings. The van der Waals surface area contributed by atoms with Gasteiger partial charge in [-0.25, -0.2) is 4.79 Å². The van der Waals surface area contributed by atoms with Crippen LogP contribution in [0.4, 0.5) is 0 Å². The average molecular weight is 275 g/mol. The molecule has 1 aliphatic rings. The number of aromatic nitrogens is 2. The third-order valence-corrected chi connectivity index (χ3v) is 4.28. The smallest absolute Gasteiger partial charge is 0.326 e. The monoisotopic (exact) mass is 275 g/mol. The maximum atomic E-state index is 12.2. The molecule has 5 heteroatoms. The summed E-state index contributed by atoms with van der Waals surface area (Å²) in [7, 11) is 1.63. The summed E-state index contributed by atoms with van der Waals surface area (Å²) < 4.78 is 7.05. The molecule has 1 atom stereocenters. The number of H-pyrrole nitrogens is 1. The molecule has 0 aliphatic carbocycles. The molecule has 2 heterocycles. The summed E-state index contributed by atoms with van der Waals surface area (Å²) in [5.74, 6) is 0.766. The fourth-order valence-corrected chi connectivity index (χ4v) is 3.18. The predicted molar refractivity (Wildman–Crippen MR) is 79.4 cm³/mol. The Morgan fingerprint density at radius 2 is 2.30 bits per heavy atom. The first kappa shape index (κ1) is 13.2. The number of likely N-dealkylation sites (tertiary alicyclic amines) is 1. The number of benzene rings is 1. The second-order valence-electron chi connectivity index (χ2n) is 5.35. The molecular formula is C15H21N3O2. The van der Waals surface area contributed by atoms with Crippen molar-refractivity contribution >= 4 is 11.0 Å². The van der Waals surface area contributed by atoms with Gasteiger partial charge < -0.3 is 9.72 Å². The maximum absolute atomic E-state index is 12.2. The molecule has 0 bridgehead atoms. The highest BCUT2D eigenvalue weighted by atomic mass is 16.5. The third-order valence-electron chi connectivity index (χ3n) is 4.28. The Morgan fingerprint density at radius 1 is 1.45 bits per heavy atom. The van der Waals surface area contributed by atoms with Crippen LogP contribution in [0.15, 0.2) is 23.0 Å². The number of nitrogens with zero attached hydrogens (tertiary/aromatic N) is 2. The van der Waals surface area contributed by atoms with Crippen molar-refractivity contribution < 1.29 is 4.74 Å². The summed E-state index contributed by atoms with van der Waals surface area (Å²) in [5.41, 5.74) is 1.77. The lowest BCUT2D eigenvalue weighted by Gasteiger charge is -2.22. The van der Waals surface area contributed by atoms with E-state index < -0.39 is 0 Å². The van der Waals surface area contributed by atoms with E-state index in [0.29, 0.717) is 6.04 Å². The topological polar surface area (TPSA) is 50.3 Å². The molecule has 20 heavy (non-hydrogen) atoms. The number of fused-ring (bicyclic) bond motifs is 1. The van der Waals surface area contributed by atoms with Crippen LogP contribution in [0.3, 0.4) is 0 Å². The fraction of sp³-hybridized carbons (Fsp3) is 0.533. The summed E-state index contributed by atoms with van der Waals surface area (Å²) in [5, 5.41) is 0. The van der Waals surface area contributed by atoms with E-state index >= 15 is 0 Å². The molecule has 0 spiro atoms. The molecule has 1 aromatic heterocycles. The normalized spacial score (nSPS) is 19.8. The van der Waals surface area contributed by atoms with E-state index in [1.165, 1.54) is 12.8 Å². The molecule has 1 unspecified atom stereocenters. The van der Waals surface area contributed by atoms with Gasteiger partial charge >= 0.3 is 5.69 Å². The largest absolute Gasteiger partial charge is 0.497 e. The van der Waals surface area contributed by atoms with Crippen LogP contribution < -0.4 is 10.4 Å². The Morgan fingerprint density at radius 3 is 3.05 bits per heavy atom. The first-order valence-electron chi connectivity index (χ1n) is 7.23. The lowest BCUT2D eigenvalue weighted by Crippen LogP contribution is -2.35. The SMILES string of the molecule is CCN1CCCC1Cn1c(=O)[nH]c2cc(OC)ccc21. The molecule has 0 radical (unpaired) electrons. The van der Waals surface area contributed by atoms with Crippen molar-refractivity contribution in [1.29, 1.82) is 0 Å². The van der Waals surface area contributed by atoms with Crippen LogP contribution in [0.1, 0.15) is 19.8 Å². The van der Waals surface area contributed by atoms with Gasteiger partial charge in [-0.2, -0.15) is 0 Å². The van der Waals surface area contributed by atoms with E-state index in [-0.39, 0.29) is 5.69 Å². The van der Waals surface area contributed by atoms with Crippen molar-refractivity contribution in [3.05, 3.63) is 28.7 Å². The molecule has 1 aromatic carbocycles. The van der Waals surface area contributed by atoms with Gasteiger partial charge in [0.25, 0.3) is 0 Å². The first-order chi connectivity index (χ1) is 9.72. The Kier molecular flexibility index (Phi) is 3.53. The van der Waals surface area contributed by atoms with Crippen LogP contribution >= 0.6 is 0 Å². The summed E-state index contributed by atoms with van der Waals surface area (Å²) in [6.07, 6.45) is 2.40. The lowest BCUT2D eigenvalue weighted by molar-refractivity contribution is 0.244. The van der Waals surface area contributed by atoms with Gasteiger partial charge in [-0.05, 0) is 38.1 Å². The van der Waals surface area contributed by atoms with Crippen LogP contribution in [-0.2, 0) is 6.54 Å². The van der Waals surface area contributed by atoms with E-state index in [1.807, 2.05) is 22.8 Å². The van der Waals surface area contributed by atoms with Crippen molar-refractivity contribution in [2.75, 3.05) is 20.2 Å². The Balaban J connectivity index is 1.95. The predicted octanol–water partition coefficient (Wildman–Crippen LogP) is 1.82. The molecule has 0 amide bonds. The number of rotatable bonds is 4. The van der Waals surface area contributed by atoms with Gasteiger partial charge in [0.05, 0.1) is 18.1 Å². The van der Waals surface area contributed by atoms with Gasteiger partial charge in [0.1, 0.15) is 5.75 Å². The van der Waals surface area contributed by atoms with E-state index in [4.69, 9.17) is 4.74 Å². The van der Waals surface area contributed by atoms with E-state index in [9.17, 15) is 4.79 Å². The van der Waals surface area contributed by atoms with Crippen molar-refractivity contribution in [1.82, 2.24) is 14.5 Å². The molecule has 5 nitrogen and oxygen atoms in total. The average Bonchev–Trinajstić information content (AvgIpc) is 3.03. The molecular weight excluding hydrogens is 254 g/mol. The molecule has 1 N–H and O–H groups in total. The van der Waals surface area contributed by atoms with Crippen LogP contribution in [0.2, 0.25) is 0 Å². The molecule has 0 saturated carbocycles. The minimum absolute atomic E-state index is 0.0313. The van der Waals surface area contributed by atoms with Gasteiger partial charge in [0.15, 0.2) is 0 Å². The van der Waals surface area contributed by atoms with Crippen LogP contribution in [0.5, 0.6) is 5.75 Å². The molecule has 1 saturated heterocycles. The van der Waals surface area contributed by atoms with Gasteiger partial charge in [-0.3, -0.25) is 9.47 Å². The number of ether oxygens (including phenoxy) is 1. The van der Waals surface area contributed by atoms with Crippen molar-refractivity contribution in [3.63, 3.8) is 0 Å². The lowest BCUT2D eigenvalue weighted by atomic mass is 10.2. The second-order valence-corrected chi connectivity index (χ2v) is 5.35. The highest BCUT2D eigenvalue weighted by Crippen LogP contribution is 2.21. The Labute approximate surface area is 118 Å². The van der Waals surface area contributed by atoms with Crippen molar-refractivity contribution in [2.45, 2.75) is 32.4 Å². The molecule has 1 fully saturated rings. The van der Waals surface area contributed by atoms with Gasteiger partial charge in [0, 0.05) is 18.7 Å². The summed E-state index contributed by atoms with van der Waals surface area (Å²) in [6.45, 7) is 5.14. The molecule has 3 rings (SSSR count). The molecule has 1 aliphatic heterocycles. The highest BCUT2D eigenvalue weighted by Gasteiger charge is 2.24.